The molecule has 0 saturated carbocycles. The summed E-state index contributed by atoms with van der Waals surface area (Å²) in [6.07, 6.45) is 0. The van der Waals surface area contributed by atoms with Gasteiger partial charge in [0.15, 0.2) is 6.61 Å². The van der Waals surface area contributed by atoms with Gasteiger partial charge in [0.25, 0.3) is 0 Å². The van der Waals surface area contributed by atoms with E-state index in [-0.39, 0.29) is 6.61 Å². The van der Waals surface area contributed by atoms with Crippen molar-refractivity contribution in [3.05, 3.63) is 40.5 Å². The molecule has 1 heterocycles. The van der Waals surface area contributed by atoms with Crippen LogP contribution in [0.25, 0.3) is 0 Å². The Morgan fingerprint density at radius 2 is 2.28 bits per heavy atom. The van der Waals surface area contributed by atoms with E-state index < -0.39 is 0 Å². The largest absolute Gasteiger partial charge is 0.485 e. The summed E-state index contributed by atoms with van der Waals surface area (Å²) in [4.78, 5) is 4.07. The maximum atomic E-state index is 5.95. The fourth-order valence-corrected chi connectivity index (χ4v) is 1.75. The van der Waals surface area contributed by atoms with Crippen LogP contribution in [0.15, 0.2) is 22.7 Å². The van der Waals surface area contributed by atoms with E-state index in [4.69, 9.17) is 20.9 Å². The van der Waals surface area contributed by atoms with Gasteiger partial charge in [0.05, 0.1) is 0 Å². The standard InChI is InChI=1S/C12H14ClN3O2/c1-8-15-12(16-18-8)7-17-11-4-3-10(13)5-9(11)6-14-2/h3-5,14H,6-7H2,1-2H3. The van der Waals surface area contributed by atoms with Crippen molar-refractivity contribution in [2.75, 3.05) is 7.05 Å². The summed E-state index contributed by atoms with van der Waals surface area (Å²) in [7, 11) is 1.87. The molecule has 0 unspecified atom stereocenters. The molecule has 0 aliphatic heterocycles. The van der Waals surface area contributed by atoms with E-state index in [0.29, 0.717) is 23.3 Å². The molecular formula is C12H14ClN3O2. The summed E-state index contributed by atoms with van der Waals surface area (Å²) < 4.78 is 10.5. The Balaban J connectivity index is 2.08. The fourth-order valence-electron chi connectivity index (χ4n) is 1.56. The Hall–Kier alpha value is -1.59. The van der Waals surface area contributed by atoms with Crippen LogP contribution in [0.3, 0.4) is 0 Å². The number of aryl methyl sites for hydroxylation is 1. The number of benzene rings is 1. The van der Waals surface area contributed by atoms with Crippen molar-refractivity contribution in [1.29, 1.82) is 0 Å². The number of halogens is 1. The first-order chi connectivity index (χ1) is 8.69. The second-order valence-electron chi connectivity index (χ2n) is 3.80. The highest BCUT2D eigenvalue weighted by Gasteiger charge is 2.07. The summed E-state index contributed by atoms with van der Waals surface area (Å²) in [5.74, 6) is 1.81. The minimum Gasteiger partial charge on any atom is -0.485 e. The van der Waals surface area contributed by atoms with Gasteiger partial charge < -0.3 is 14.6 Å². The average Bonchev–Trinajstić information content (AvgIpc) is 2.75. The lowest BCUT2D eigenvalue weighted by molar-refractivity contribution is 0.282. The normalized spacial score (nSPS) is 10.6. The molecule has 0 aliphatic carbocycles. The molecule has 0 fully saturated rings. The predicted molar refractivity (Wildman–Crippen MR) is 67.6 cm³/mol. The van der Waals surface area contributed by atoms with E-state index >= 15 is 0 Å². The first-order valence-electron chi connectivity index (χ1n) is 5.54. The molecule has 0 atom stereocenters. The minimum atomic E-state index is 0.273. The molecule has 18 heavy (non-hydrogen) atoms. The van der Waals surface area contributed by atoms with Gasteiger partial charge in [-0.05, 0) is 25.2 Å². The highest BCUT2D eigenvalue weighted by molar-refractivity contribution is 6.30. The Bertz CT molecular complexity index is 528. The van der Waals surface area contributed by atoms with Crippen LogP contribution in [0.1, 0.15) is 17.3 Å². The lowest BCUT2D eigenvalue weighted by Crippen LogP contribution is -2.08. The molecule has 0 spiro atoms. The molecule has 2 rings (SSSR count). The summed E-state index contributed by atoms with van der Waals surface area (Å²) >= 11 is 5.95. The molecule has 0 saturated heterocycles. The fraction of sp³-hybridized carbons (Fsp3) is 0.333. The van der Waals surface area contributed by atoms with Crippen molar-refractivity contribution in [2.24, 2.45) is 0 Å². The summed E-state index contributed by atoms with van der Waals surface area (Å²) in [6.45, 7) is 2.70. The maximum Gasteiger partial charge on any atom is 0.223 e. The Morgan fingerprint density at radius 1 is 1.44 bits per heavy atom. The Labute approximate surface area is 110 Å². The predicted octanol–water partition coefficient (Wildman–Crippen LogP) is 2.33. The van der Waals surface area contributed by atoms with Gasteiger partial charge in [-0.3, -0.25) is 0 Å². The van der Waals surface area contributed by atoms with Crippen LogP contribution >= 0.6 is 11.6 Å². The van der Waals surface area contributed by atoms with Crippen molar-refractivity contribution in [1.82, 2.24) is 15.5 Å². The molecular weight excluding hydrogens is 254 g/mol. The number of hydrogen-bond acceptors (Lipinski definition) is 5. The Kier molecular flexibility index (Phi) is 4.17. The highest BCUT2D eigenvalue weighted by Crippen LogP contribution is 2.23. The van der Waals surface area contributed by atoms with Gasteiger partial charge in [-0.25, -0.2) is 0 Å². The van der Waals surface area contributed by atoms with Gasteiger partial charge >= 0.3 is 0 Å². The smallest absolute Gasteiger partial charge is 0.223 e. The third-order valence-electron chi connectivity index (χ3n) is 2.32. The van der Waals surface area contributed by atoms with Crippen LogP contribution < -0.4 is 10.1 Å². The van der Waals surface area contributed by atoms with Gasteiger partial charge in [0, 0.05) is 24.1 Å². The molecule has 0 aliphatic rings. The third kappa shape index (κ3) is 3.21. The summed E-state index contributed by atoms with van der Waals surface area (Å²) in [5, 5.41) is 7.52. The van der Waals surface area contributed by atoms with Crippen LogP contribution in [0.2, 0.25) is 5.02 Å². The highest BCUT2D eigenvalue weighted by atomic mass is 35.5. The lowest BCUT2D eigenvalue weighted by Gasteiger charge is -2.10. The number of aromatic nitrogens is 2. The first-order valence-corrected chi connectivity index (χ1v) is 5.92. The number of ether oxygens (including phenoxy) is 1. The van der Waals surface area contributed by atoms with Gasteiger partial charge in [-0.15, -0.1) is 0 Å². The molecule has 5 nitrogen and oxygen atoms in total. The Morgan fingerprint density at radius 3 is 2.94 bits per heavy atom. The average molecular weight is 268 g/mol. The van der Waals surface area contributed by atoms with E-state index in [2.05, 4.69) is 15.5 Å². The molecule has 0 bridgehead atoms. The molecule has 2 aromatic rings. The van der Waals surface area contributed by atoms with Crippen LogP contribution in [0, 0.1) is 6.92 Å². The topological polar surface area (TPSA) is 60.2 Å². The van der Waals surface area contributed by atoms with Crippen molar-refractivity contribution >= 4 is 11.6 Å². The van der Waals surface area contributed by atoms with Crippen molar-refractivity contribution < 1.29 is 9.26 Å². The monoisotopic (exact) mass is 267 g/mol. The summed E-state index contributed by atoms with van der Waals surface area (Å²) in [6, 6.07) is 5.49. The van der Waals surface area contributed by atoms with Crippen LogP contribution in [0.4, 0.5) is 0 Å². The van der Waals surface area contributed by atoms with Gasteiger partial charge in [-0.1, -0.05) is 16.8 Å². The minimum absolute atomic E-state index is 0.273. The van der Waals surface area contributed by atoms with Crippen LogP contribution in [-0.4, -0.2) is 17.2 Å². The number of rotatable bonds is 5. The third-order valence-corrected chi connectivity index (χ3v) is 2.55. The molecule has 1 N–H and O–H groups in total. The number of hydrogen-bond donors (Lipinski definition) is 1. The lowest BCUT2D eigenvalue weighted by atomic mass is 10.2. The van der Waals surface area contributed by atoms with E-state index in [0.717, 1.165) is 11.3 Å². The molecule has 96 valence electrons. The zero-order valence-electron chi connectivity index (χ0n) is 10.2. The number of nitrogens with one attached hydrogen (secondary N) is 1. The van der Waals surface area contributed by atoms with E-state index in [1.165, 1.54) is 0 Å². The van der Waals surface area contributed by atoms with Gasteiger partial charge in [-0.2, -0.15) is 4.98 Å². The molecule has 0 amide bonds. The van der Waals surface area contributed by atoms with E-state index in [9.17, 15) is 0 Å². The van der Waals surface area contributed by atoms with Gasteiger partial charge in [0.2, 0.25) is 11.7 Å². The van der Waals surface area contributed by atoms with Crippen molar-refractivity contribution in [2.45, 2.75) is 20.1 Å². The van der Waals surface area contributed by atoms with Crippen molar-refractivity contribution in [3.8, 4) is 5.75 Å². The second kappa shape index (κ2) is 5.84. The van der Waals surface area contributed by atoms with E-state index in [1.54, 1.807) is 13.0 Å². The number of nitrogens with zero attached hydrogens (tertiary/aromatic N) is 2. The first kappa shape index (κ1) is 12.9. The quantitative estimate of drug-likeness (QED) is 0.901. The molecule has 0 radical (unpaired) electrons. The van der Waals surface area contributed by atoms with Crippen molar-refractivity contribution in [3.63, 3.8) is 0 Å². The van der Waals surface area contributed by atoms with Crippen LogP contribution in [0.5, 0.6) is 5.75 Å². The molecule has 6 heteroatoms. The van der Waals surface area contributed by atoms with Gasteiger partial charge in [0.1, 0.15) is 5.75 Å². The van der Waals surface area contributed by atoms with E-state index in [1.807, 2.05) is 19.2 Å². The summed E-state index contributed by atoms with van der Waals surface area (Å²) in [5.41, 5.74) is 0.991. The second-order valence-corrected chi connectivity index (χ2v) is 4.24. The molecule has 1 aromatic heterocycles. The SMILES string of the molecule is CNCc1cc(Cl)ccc1OCc1noc(C)n1. The maximum absolute atomic E-state index is 5.95. The zero-order valence-corrected chi connectivity index (χ0v) is 11.0. The van der Waals surface area contributed by atoms with Crippen LogP contribution in [-0.2, 0) is 13.2 Å². The molecule has 1 aromatic carbocycles. The zero-order chi connectivity index (χ0) is 13.0.